The Balaban J connectivity index is 1.61. The molecule has 2 aliphatic rings. The molecule has 5 rings (SSSR count). The lowest BCUT2D eigenvalue weighted by atomic mass is 9.70. The van der Waals surface area contributed by atoms with Gasteiger partial charge in [-0.15, -0.1) is 0 Å². The summed E-state index contributed by atoms with van der Waals surface area (Å²) >= 11 is 0. The normalized spacial score (nSPS) is 20.7. The number of hydrogen-bond donors (Lipinski definition) is 1. The molecule has 2 unspecified atom stereocenters. The number of benzene rings is 3. The summed E-state index contributed by atoms with van der Waals surface area (Å²) in [5, 5.41) is 7.86. The second-order valence-corrected chi connectivity index (χ2v) is 7.98. The lowest BCUT2D eigenvalue weighted by Crippen LogP contribution is -2.18. The molecule has 3 aromatic rings. The summed E-state index contributed by atoms with van der Waals surface area (Å²) < 4.78 is 0. The van der Waals surface area contributed by atoms with Crippen LogP contribution in [0.3, 0.4) is 0 Å². The molecule has 1 nitrogen and oxygen atoms in total. The highest BCUT2D eigenvalue weighted by atomic mass is 14.4. The van der Waals surface area contributed by atoms with Crippen LogP contribution < -0.4 is 0 Å². The van der Waals surface area contributed by atoms with Gasteiger partial charge in [-0.3, -0.25) is 0 Å². The SMILES string of the molecule is N=Cc1ccccc1C1CCCCC1c1cccc2c1Cc1ccccc1-2. The van der Waals surface area contributed by atoms with Crippen molar-refractivity contribution in [1.29, 1.82) is 5.41 Å². The quantitative estimate of drug-likeness (QED) is 0.397. The zero-order valence-electron chi connectivity index (χ0n) is 15.6. The van der Waals surface area contributed by atoms with Gasteiger partial charge in [0.25, 0.3) is 0 Å². The fourth-order valence-corrected chi connectivity index (χ4v) is 5.38. The van der Waals surface area contributed by atoms with Crippen LogP contribution in [0, 0.1) is 5.41 Å². The zero-order chi connectivity index (χ0) is 18.2. The molecule has 1 heteroatoms. The van der Waals surface area contributed by atoms with Crippen molar-refractivity contribution in [2.45, 2.75) is 43.9 Å². The first kappa shape index (κ1) is 16.5. The third kappa shape index (κ3) is 2.73. The predicted octanol–water partition coefficient (Wildman–Crippen LogP) is 6.70. The highest BCUT2D eigenvalue weighted by molar-refractivity contribution is 5.80. The largest absolute Gasteiger partial charge is 0.308 e. The minimum atomic E-state index is 0.520. The molecule has 0 aliphatic heterocycles. The van der Waals surface area contributed by atoms with Crippen molar-refractivity contribution in [2.75, 3.05) is 0 Å². The van der Waals surface area contributed by atoms with Gasteiger partial charge in [0, 0.05) is 6.21 Å². The van der Waals surface area contributed by atoms with Crippen molar-refractivity contribution < 1.29 is 0 Å². The Morgan fingerprint density at radius 2 is 1.37 bits per heavy atom. The maximum Gasteiger partial charge on any atom is 0.0253 e. The average molecular weight is 351 g/mol. The van der Waals surface area contributed by atoms with E-state index in [1.165, 1.54) is 54.2 Å². The molecule has 0 saturated heterocycles. The lowest BCUT2D eigenvalue weighted by Gasteiger charge is -2.34. The molecule has 3 aromatic carbocycles. The van der Waals surface area contributed by atoms with Crippen LogP contribution in [0.15, 0.2) is 66.7 Å². The second-order valence-electron chi connectivity index (χ2n) is 7.98. The molecule has 0 aromatic heterocycles. The number of nitrogens with one attached hydrogen (secondary N) is 1. The van der Waals surface area contributed by atoms with E-state index >= 15 is 0 Å². The van der Waals surface area contributed by atoms with Gasteiger partial charge in [-0.2, -0.15) is 0 Å². The first-order valence-electron chi connectivity index (χ1n) is 10.2. The van der Waals surface area contributed by atoms with Gasteiger partial charge < -0.3 is 5.41 Å². The van der Waals surface area contributed by atoms with Gasteiger partial charge in [-0.25, -0.2) is 0 Å². The third-order valence-corrected chi connectivity index (χ3v) is 6.60. The van der Waals surface area contributed by atoms with E-state index in [0.717, 1.165) is 12.0 Å². The van der Waals surface area contributed by atoms with Crippen LogP contribution in [-0.2, 0) is 6.42 Å². The van der Waals surface area contributed by atoms with Crippen molar-refractivity contribution in [1.82, 2.24) is 0 Å². The van der Waals surface area contributed by atoms with Crippen LogP contribution in [0.4, 0.5) is 0 Å². The van der Waals surface area contributed by atoms with Crippen LogP contribution in [0.1, 0.15) is 65.3 Å². The average Bonchev–Trinajstić information content (AvgIpc) is 3.12. The topological polar surface area (TPSA) is 23.9 Å². The summed E-state index contributed by atoms with van der Waals surface area (Å²) in [5.41, 5.74) is 9.87. The van der Waals surface area contributed by atoms with Crippen LogP contribution >= 0.6 is 0 Å². The van der Waals surface area contributed by atoms with E-state index in [-0.39, 0.29) is 0 Å². The molecule has 1 N–H and O–H groups in total. The van der Waals surface area contributed by atoms with Crippen LogP contribution in [0.2, 0.25) is 0 Å². The molecule has 27 heavy (non-hydrogen) atoms. The van der Waals surface area contributed by atoms with Gasteiger partial charge in [0.2, 0.25) is 0 Å². The lowest BCUT2D eigenvalue weighted by molar-refractivity contribution is 0.385. The summed E-state index contributed by atoms with van der Waals surface area (Å²) in [7, 11) is 0. The fourth-order valence-electron chi connectivity index (χ4n) is 5.38. The first-order chi connectivity index (χ1) is 13.4. The Kier molecular flexibility index (Phi) is 4.16. The molecule has 0 spiro atoms. The van der Waals surface area contributed by atoms with Gasteiger partial charge >= 0.3 is 0 Å². The van der Waals surface area contributed by atoms with Crippen LogP contribution in [-0.4, -0.2) is 6.21 Å². The zero-order valence-corrected chi connectivity index (χ0v) is 15.6. The van der Waals surface area contributed by atoms with E-state index in [1.807, 2.05) is 0 Å². The minimum Gasteiger partial charge on any atom is -0.308 e. The molecule has 0 amide bonds. The van der Waals surface area contributed by atoms with Crippen LogP contribution in [0.5, 0.6) is 0 Å². The van der Waals surface area contributed by atoms with Gasteiger partial charge in [0.15, 0.2) is 0 Å². The van der Waals surface area contributed by atoms with Gasteiger partial charge in [-0.05, 0) is 70.0 Å². The second kappa shape index (κ2) is 6.81. The summed E-state index contributed by atoms with van der Waals surface area (Å²) in [6.07, 6.45) is 7.69. The maximum absolute atomic E-state index is 7.86. The first-order valence-corrected chi connectivity index (χ1v) is 10.2. The monoisotopic (exact) mass is 351 g/mol. The fraction of sp³-hybridized carbons (Fsp3) is 0.269. The van der Waals surface area contributed by atoms with Crippen LogP contribution in [0.25, 0.3) is 11.1 Å². The van der Waals surface area contributed by atoms with Crippen molar-refractivity contribution in [3.8, 4) is 11.1 Å². The standard InChI is InChI=1S/C26H25N/c27-17-19-9-2-4-11-21(19)22-12-5-6-13-24(22)25-15-7-14-23-20-10-3-1-8-18(20)16-26(23)25/h1-4,7-11,14-15,17,22,24,27H,5-6,12-13,16H2. The summed E-state index contributed by atoms with van der Waals surface area (Å²) in [4.78, 5) is 0. The maximum atomic E-state index is 7.86. The van der Waals surface area contributed by atoms with E-state index in [2.05, 4.69) is 66.7 Å². The minimum absolute atomic E-state index is 0.520. The van der Waals surface area contributed by atoms with Crippen molar-refractivity contribution in [3.63, 3.8) is 0 Å². The van der Waals surface area contributed by atoms with E-state index in [4.69, 9.17) is 5.41 Å². The Hall–Kier alpha value is -2.67. The molecule has 134 valence electrons. The summed E-state index contributed by atoms with van der Waals surface area (Å²) in [6, 6.07) is 24.3. The van der Waals surface area contributed by atoms with E-state index in [1.54, 1.807) is 11.1 Å². The molecule has 1 saturated carbocycles. The Morgan fingerprint density at radius 1 is 0.704 bits per heavy atom. The number of fused-ring (bicyclic) bond motifs is 3. The van der Waals surface area contributed by atoms with Crippen molar-refractivity contribution in [2.24, 2.45) is 0 Å². The Bertz CT molecular complexity index is 1000. The molecule has 0 radical (unpaired) electrons. The van der Waals surface area contributed by atoms with E-state index in [0.29, 0.717) is 11.8 Å². The number of hydrogen-bond acceptors (Lipinski definition) is 1. The van der Waals surface area contributed by atoms with Gasteiger partial charge in [-0.1, -0.05) is 79.6 Å². The molecular formula is C26H25N. The summed E-state index contributed by atoms with van der Waals surface area (Å²) in [6.45, 7) is 0. The molecule has 2 aliphatic carbocycles. The molecule has 1 fully saturated rings. The Morgan fingerprint density at radius 3 is 2.22 bits per heavy atom. The smallest absolute Gasteiger partial charge is 0.0253 e. The van der Waals surface area contributed by atoms with Gasteiger partial charge in [0.1, 0.15) is 0 Å². The molecule has 0 heterocycles. The highest BCUT2D eigenvalue weighted by Gasteiger charge is 2.32. The van der Waals surface area contributed by atoms with E-state index < -0.39 is 0 Å². The molecule has 2 atom stereocenters. The number of rotatable bonds is 3. The highest BCUT2D eigenvalue weighted by Crippen LogP contribution is 2.49. The molecular weight excluding hydrogens is 326 g/mol. The van der Waals surface area contributed by atoms with Crippen molar-refractivity contribution >= 4 is 6.21 Å². The summed E-state index contributed by atoms with van der Waals surface area (Å²) in [5.74, 6) is 1.08. The Labute approximate surface area is 161 Å². The predicted molar refractivity (Wildman–Crippen MR) is 113 cm³/mol. The van der Waals surface area contributed by atoms with E-state index in [9.17, 15) is 0 Å². The molecule has 0 bridgehead atoms. The van der Waals surface area contributed by atoms with Crippen molar-refractivity contribution in [3.05, 3.63) is 94.5 Å². The van der Waals surface area contributed by atoms with Gasteiger partial charge in [0.05, 0.1) is 0 Å². The third-order valence-electron chi connectivity index (χ3n) is 6.60.